The zero-order chi connectivity index (χ0) is 9.97. The summed E-state index contributed by atoms with van der Waals surface area (Å²) < 4.78 is 8.09. The average Bonchev–Trinajstić information content (AvgIpc) is 2.75. The first-order chi connectivity index (χ1) is 6.75. The van der Waals surface area contributed by atoms with Gasteiger partial charge in [-0.15, -0.1) is 11.3 Å². The van der Waals surface area contributed by atoms with Crippen molar-refractivity contribution < 1.29 is 0 Å². The molecule has 0 radical (unpaired) electrons. The van der Waals surface area contributed by atoms with Gasteiger partial charge in [0.1, 0.15) is 0 Å². The van der Waals surface area contributed by atoms with Gasteiger partial charge < -0.3 is 5.73 Å². The Kier molecular flexibility index (Phi) is 2.90. The van der Waals surface area contributed by atoms with E-state index in [1.165, 1.54) is 22.2 Å². The van der Waals surface area contributed by atoms with Crippen molar-refractivity contribution >= 4 is 23.1 Å². The van der Waals surface area contributed by atoms with E-state index >= 15 is 0 Å². The molecule has 0 fully saturated rings. The molecule has 0 spiro atoms. The van der Waals surface area contributed by atoms with E-state index in [4.69, 9.17) is 5.73 Å². The third-order valence-electron chi connectivity index (χ3n) is 2.01. The van der Waals surface area contributed by atoms with Gasteiger partial charge in [0.15, 0.2) is 0 Å². The van der Waals surface area contributed by atoms with Gasteiger partial charge in [-0.1, -0.05) is 0 Å². The van der Waals surface area contributed by atoms with Gasteiger partial charge in [0.25, 0.3) is 0 Å². The quantitative estimate of drug-likeness (QED) is 0.870. The molecule has 74 valence electrons. The molecule has 2 aromatic heterocycles. The first-order valence-electron chi connectivity index (χ1n) is 4.33. The Hall–Kier alpha value is -0.780. The van der Waals surface area contributed by atoms with Gasteiger partial charge >= 0.3 is 0 Å². The molecule has 14 heavy (non-hydrogen) atoms. The molecule has 0 aliphatic rings. The monoisotopic (exact) mass is 225 g/mol. The number of thiophene rings is 1. The van der Waals surface area contributed by atoms with Crippen LogP contribution in [0.1, 0.15) is 22.2 Å². The van der Waals surface area contributed by atoms with E-state index in [0.717, 1.165) is 12.1 Å². The van der Waals surface area contributed by atoms with Crippen LogP contribution < -0.4 is 5.73 Å². The van der Waals surface area contributed by atoms with Crippen LogP contribution in [-0.2, 0) is 6.42 Å². The highest BCUT2D eigenvalue weighted by Crippen LogP contribution is 2.21. The lowest BCUT2D eigenvalue weighted by Crippen LogP contribution is -2.12. The molecule has 2 heterocycles. The molecule has 2 aromatic rings. The second-order valence-corrected chi connectivity index (χ2v) is 4.87. The Morgan fingerprint density at radius 2 is 2.43 bits per heavy atom. The van der Waals surface area contributed by atoms with Crippen LogP contribution in [-0.4, -0.2) is 8.75 Å². The lowest BCUT2D eigenvalue weighted by atomic mass is 10.1. The van der Waals surface area contributed by atoms with E-state index in [1.54, 1.807) is 17.5 Å². The van der Waals surface area contributed by atoms with E-state index in [2.05, 4.69) is 27.1 Å². The third-order valence-corrected chi connectivity index (χ3v) is 3.41. The first-order valence-corrected chi connectivity index (χ1v) is 5.94. The Morgan fingerprint density at radius 1 is 1.57 bits per heavy atom. The SMILES string of the molecule is Cc1cc(C(N)Cc2cnsn2)cs1. The summed E-state index contributed by atoms with van der Waals surface area (Å²) in [7, 11) is 0. The number of rotatable bonds is 3. The van der Waals surface area contributed by atoms with Crippen LogP contribution in [0.15, 0.2) is 17.6 Å². The van der Waals surface area contributed by atoms with E-state index in [-0.39, 0.29) is 6.04 Å². The largest absolute Gasteiger partial charge is 0.324 e. The van der Waals surface area contributed by atoms with Gasteiger partial charge in [0, 0.05) is 17.3 Å². The van der Waals surface area contributed by atoms with Crippen molar-refractivity contribution in [2.24, 2.45) is 5.73 Å². The van der Waals surface area contributed by atoms with Crippen molar-refractivity contribution in [3.05, 3.63) is 33.8 Å². The van der Waals surface area contributed by atoms with Crippen LogP contribution in [0.2, 0.25) is 0 Å². The molecule has 1 atom stereocenters. The molecule has 2 rings (SSSR count). The fourth-order valence-electron chi connectivity index (χ4n) is 1.28. The van der Waals surface area contributed by atoms with Crippen molar-refractivity contribution in [3.8, 4) is 0 Å². The average molecular weight is 225 g/mol. The van der Waals surface area contributed by atoms with E-state index in [1.807, 2.05) is 0 Å². The number of aromatic nitrogens is 2. The van der Waals surface area contributed by atoms with Crippen molar-refractivity contribution in [3.63, 3.8) is 0 Å². The summed E-state index contributed by atoms with van der Waals surface area (Å²) in [6.45, 7) is 2.09. The molecule has 0 saturated carbocycles. The van der Waals surface area contributed by atoms with Crippen LogP contribution >= 0.6 is 23.1 Å². The number of hydrogen-bond donors (Lipinski definition) is 1. The molecule has 3 nitrogen and oxygen atoms in total. The fourth-order valence-corrected chi connectivity index (χ4v) is 2.49. The summed E-state index contributed by atoms with van der Waals surface area (Å²) in [6.07, 6.45) is 2.55. The molecule has 0 amide bonds. The van der Waals surface area contributed by atoms with Gasteiger partial charge in [0.05, 0.1) is 23.6 Å². The smallest absolute Gasteiger partial charge is 0.0761 e. The Balaban J connectivity index is 2.06. The van der Waals surface area contributed by atoms with E-state index in [0.29, 0.717) is 0 Å². The van der Waals surface area contributed by atoms with Crippen LogP contribution in [0, 0.1) is 6.92 Å². The highest BCUT2D eigenvalue weighted by Gasteiger charge is 2.09. The van der Waals surface area contributed by atoms with Crippen LogP contribution in [0.3, 0.4) is 0 Å². The highest BCUT2D eigenvalue weighted by molar-refractivity contribution is 7.10. The maximum absolute atomic E-state index is 6.04. The summed E-state index contributed by atoms with van der Waals surface area (Å²) in [4.78, 5) is 1.30. The molecule has 0 aliphatic carbocycles. The van der Waals surface area contributed by atoms with Crippen molar-refractivity contribution in [1.82, 2.24) is 8.75 Å². The molecule has 0 aliphatic heterocycles. The van der Waals surface area contributed by atoms with Gasteiger partial charge in [-0.05, 0) is 23.9 Å². The van der Waals surface area contributed by atoms with Crippen LogP contribution in [0.4, 0.5) is 0 Å². The summed E-state index contributed by atoms with van der Waals surface area (Å²) in [5, 5.41) is 2.11. The lowest BCUT2D eigenvalue weighted by molar-refractivity contribution is 0.714. The minimum atomic E-state index is 0.0452. The minimum Gasteiger partial charge on any atom is -0.324 e. The van der Waals surface area contributed by atoms with Crippen molar-refractivity contribution in [2.45, 2.75) is 19.4 Å². The highest BCUT2D eigenvalue weighted by atomic mass is 32.1. The molecular weight excluding hydrogens is 214 g/mol. The normalized spacial score (nSPS) is 13.0. The Bertz CT molecular complexity index is 394. The second-order valence-electron chi connectivity index (χ2n) is 3.20. The molecule has 1 unspecified atom stereocenters. The molecule has 5 heteroatoms. The standard InChI is InChI=1S/C9H11N3S2/c1-6-2-7(5-13-6)9(10)3-8-4-11-14-12-8/h2,4-5,9H,3,10H2,1H3. The van der Waals surface area contributed by atoms with E-state index in [9.17, 15) is 0 Å². The predicted molar refractivity (Wildman–Crippen MR) is 59.6 cm³/mol. The third kappa shape index (κ3) is 2.17. The van der Waals surface area contributed by atoms with Gasteiger partial charge in [0.2, 0.25) is 0 Å². The zero-order valence-corrected chi connectivity index (χ0v) is 9.44. The summed E-state index contributed by atoms with van der Waals surface area (Å²) >= 11 is 2.96. The van der Waals surface area contributed by atoms with Crippen LogP contribution in [0.25, 0.3) is 0 Å². The maximum Gasteiger partial charge on any atom is 0.0761 e. The van der Waals surface area contributed by atoms with Gasteiger partial charge in [-0.25, -0.2) is 0 Å². The second kappa shape index (κ2) is 4.16. The Labute approximate surface area is 90.9 Å². The molecule has 0 saturated heterocycles. The number of hydrogen-bond acceptors (Lipinski definition) is 5. The summed E-state index contributed by atoms with van der Waals surface area (Å²) in [6, 6.07) is 2.18. The number of nitrogens with zero attached hydrogens (tertiary/aromatic N) is 2. The van der Waals surface area contributed by atoms with Crippen LogP contribution in [0.5, 0.6) is 0 Å². The molecule has 2 N–H and O–H groups in total. The Morgan fingerprint density at radius 3 is 3.00 bits per heavy atom. The molecular formula is C9H11N3S2. The number of aryl methyl sites for hydroxylation is 1. The van der Waals surface area contributed by atoms with Gasteiger partial charge in [-0.2, -0.15) is 8.75 Å². The maximum atomic E-state index is 6.04. The summed E-state index contributed by atoms with van der Waals surface area (Å²) in [5.41, 5.74) is 8.22. The molecule has 0 bridgehead atoms. The predicted octanol–water partition coefficient (Wildman–Crippen LogP) is 2.15. The fraction of sp³-hybridized carbons (Fsp3) is 0.333. The van der Waals surface area contributed by atoms with Crippen molar-refractivity contribution in [1.29, 1.82) is 0 Å². The minimum absolute atomic E-state index is 0.0452. The number of nitrogens with two attached hydrogens (primary N) is 1. The summed E-state index contributed by atoms with van der Waals surface area (Å²) in [5.74, 6) is 0. The lowest BCUT2D eigenvalue weighted by Gasteiger charge is -2.06. The topological polar surface area (TPSA) is 51.8 Å². The first kappa shape index (κ1) is 9.76. The molecule has 0 aromatic carbocycles. The van der Waals surface area contributed by atoms with Crippen molar-refractivity contribution in [2.75, 3.05) is 0 Å². The van der Waals surface area contributed by atoms with E-state index < -0.39 is 0 Å². The van der Waals surface area contributed by atoms with Gasteiger partial charge in [-0.3, -0.25) is 0 Å². The zero-order valence-electron chi connectivity index (χ0n) is 7.80.